The number of amidine groups is 1. The van der Waals surface area contributed by atoms with Crippen LogP contribution in [0.3, 0.4) is 0 Å². The Hall–Kier alpha value is -2.56. The molecule has 1 aromatic heterocycles. The Morgan fingerprint density at radius 3 is 2.48 bits per heavy atom. The molecule has 0 unspecified atom stereocenters. The van der Waals surface area contributed by atoms with Crippen molar-refractivity contribution in [1.29, 1.82) is 5.41 Å². The largest absolute Gasteiger partial charge is 0.494 e. The zero-order chi connectivity index (χ0) is 15.4. The van der Waals surface area contributed by atoms with E-state index in [-0.39, 0.29) is 17.0 Å². The third kappa shape index (κ3) is 3.13. The first-order valence-corrected chi connectivity index (χ1v) is 6.82. The van der Waals surface area contributed by atoms with Gasteiger partial charge >= 0.3 is 0 Å². The summed E-state index contributed by atoms with van der Waals surface area (Å²) in [6.45, 7) is 2.74. The summed E-state index contributed by atoms with van der Waals surface area (Å²) in [5.41, 5.74) is 7.01. The molecule has 0 saturated heterocycles. The predicted molar refractivity (Wildman–Crippen MR) is 83.9 cm³/mol. The van der Waals surface area contributed by atoms with Gasteiger partial charge in [0.25, 0.3) is 5.56 Å². The standard InChI is InChI=1S/C16H19N3O2/c1-3-10-21-12-6-4-11(5-7-12)14-9-8-13(15(17)18)16(20)19(14)2/h4-9H,3,10H2,1-2H3,(H3,17,18). The summed E-state index contributed by atoms with van der Waals surface area (Å²) >= 11 is 0. The van der Waals surface area contributed by atoms with Crippen LogP contribution in [-0.4, -0.2) is 17.0 Å². The van der Waals surface area contributed by atoms with Gasteiger partial charge in [0, 0.05) is 7.05 Å². The molecule has 5 heteroatoms. The molecule has 21 heavy (non-hydrogen) atoms. The van der Waals surface area contributed by atoms with Crippen LogP contribution in [0.2, 0.25) is 0 Å². The summed E-state index contributed by atoms with van der Waals surface area (Å²) in [7, 11) is 1.67. The average molecular weight is 285 g/mol. The minimum atomic E-state index is -0.272. The van der Waals surface area contributed by atoms with Crippen molar-refractivity contribution in [3.63, 3.8) is 0 Å². The van der Waals surface area contributed by atoms with E-state index in [1.165, 1.54) is 4.57 Å². The number of hydrogen-bond acceptors (Lipinski definition) is 3. The molecule has 2 aromatic rings. The lowest BCUT2D eigenvalue weighted by Crippen LogP contribution is -2.28. The summed E-state index contributed by atoms with van der Waals surface area (Å²) in [6.07, 6.45) is 0.961. The molecule has 0 aliphatic carbocycles. The molecule has 0 bridgehead atoms. The van der Waals surface area contributed by atoms with Gasteiger partial charge < -0.3 is 15.0 Å². The highest BCUT2D eigenvalue weighted by Crippen LogP contribution is 2.21. The molecule has 0 atom stereocenters. The van der Waals surface area contributed by atoms with E-state index < -0.39 is 0 Å². The van der Waals surface area contributed by atoms with E-state index in [2.05, 4.69) is 6.92 Å². The zero-order valence-electron chi connectivity index (χ0n) is 12.2. The van der Waals surface area contributed by atoms with Crippen molar-refractivity contribution >= 4 is 5.84 Å². The molecule has 0 aliphatic heterocycles. The molecule has 0 aliphatic rings. The van der Waals surface area contributed by atoms with E-state index in [4.69, 9.17) is 15.9 Å². The number of nitrogen functional groups attached to an aromatic ring is 1. The number of nitrogens with two attached hydrogens (primary N) is 1. The molecule has 0 amide bonds. The Kier molecular flexibility index (Phi) is 4.42. The number of nitrogens with zero attached hydrogens (tertiary/aromatic N) is 1. The van der Waals surface area contributed by atoms with Crippen molar-refractivity contribution in [1.82, 2.24) is 4.57 Å². The monoisotopic (exact) mass is 285 g/mol. The van der Waals surface area contributed by atoms with Crippen LogP contribution in [0, 0.1) is 5.41 Å². The van der Waals surface area contributed by atoms with Crippen LogP contribution < -0.4 is 16.0 Å². The van der Waals surface area contributed by atoms with E-state index in [9.17, 15) is 4.79 Å². The molecule has 0 radical (unpaired) electrons. The Morgan fingerprint density at radius 1 is 1.24 bits per heavy atom. The van der Waals surface area contributed by atoms with Crippen LogP contribution in [0.15, 0.2) is 41.2 Å². The zero-order valence-corrected chi connectivity index (χ0v) is 12.2. The number of nitrogens with one attached hydrogen (secondary N) is 1. The second-order valence-electron chi connectivity index (χ2n) is 4.78. The van der Waals surface area contributed by atoms with Crippen LogP contribution in [-0.2, 0) is 7.05 Å². The molecule has 2 rings (SSSR count). The van der Waals surface area contributed by atoms with Gasteiger partial charge in [-0.25, -0.2) is 0 Å². The van der Waals surface area contributed by atoms with Gasteiger partial charge in [0.2, 0.25) is 0 Å². The smallest absolute Gasteiger partial charge is 0.261 e. The van der Waals surface area contributed by atoms with E-state index in [0.717, 1.165) is 23.4 Å². The maximum absolute atomic E-state index is 12.1. The Labute approximate surface area is 123 Å². The number of hydrogen-bond donors (Lipinski definition) is 2. The maximum atomic E-state index is 12.1. The average Bonchev–Trinajstić information content (AvgIpc) is 2.48. The molecule has 110 valence electrons. The van der Waals surface area contributed by atoms with Crippen molar-refractivity contribution < 1.29 is 4.74 Å². The van der Waals surface area contributed by atoms with Crippen molar-refractivity contribution in [2.24, 2.45) is 12.8 Å². The first-order chi connectivity index (χ1) is 10.0. The summed E-state index contributed by atoms with van der Waals surface area (Å²) in [5, 5.41) is 7.39. The van der Waals surface area contributed by atoms with Crippen molar-refractivity contribution in [2.75, 3.05) is 6.61 Å². The third-order valence-corrected chi connectivity index (χ3v) is 3.22. The van der Waals surface area contributed by atoms with Gasteiger partial charge in [0.15, 0.2) is 0 Å². The van der Waals surface area contributed by atoms with Crippen LogP contribution in [0.4, 0.5) is 0 Å². The topological polar surface area (TPSA) is 81.1 Å². The van der Waals surface area contributed by atoms with Gasteiger partial charge in [-0.3, -0.25) is 10.2 Å². The highest BCUT2D eigenvalue weighted by molar-refractivity contribution is 5.94. The van der Waals surface area contributed by atoms with Crippen LogP contribution in [0.1, 0.15) is 18.9 Å². The van der Waals surface area contributed by atoms with E-state index >= 15 is 0 Å². The van der Waals surface area contributed by atoms with Gasteiger partial charge in [-0.1, -0.05) is 6.92 Å². The lowest BCUT2D eigenvalue weighted by Gasteiger charge is -2.11. The number of aromatic nitrogens is 1. The highest BCUT2D eigenvalue weighted by Gasteiger charge is 2.09. The number of rotatable bonds is 5. The number of pyridine rings is 1. The fourth-order valence-electron chi connectivity index (χ4n) is 2.07. The molecule has 0 saturated carbocycles. The SMILES string of the molecule is CCCOc1ccc(-c2ccc(C(=N)N)c(=O)n2C)cc1. The minimum Gasteiger partial charge on any atom is -0.494 e. The molecule has 1 aromatic carbocycles. The molecule has 1 heterocycles. The quantitative estimate of drug-likeness (QED) is 0.652. The Balaban J connectivity index is 2.36. The summed E-state index contributed by atoms with van der Waals surface area (Å²) in [5.74, 6) is 0.594. The normalized spacial score (nSPS) is 10.4. The van der Waals surface area contributed by atoms with Crippen LogP contribution in [0.5, 0.6) is 5.75 Å². The summed E-state index contributed by atoms with van der Waals surface area (Å²) in [6, 6.07) is 11.0. The second kappa shape index (κ2) is 6.26. The van der Waals surface area contributed by atoms with Crippen LogP contribution in [0.25, 0.3) is 11.3 Å². The van der Waals surface area contributed by atoms with Crippen LogP contribution >= 0.6 is 0 Å². The molecule has 5 nitrogen and oxygen atoms in total. The Bertz CT molecular complexity index is 702. The van der Waals surface area contributed by atoms with Gasteiger partial charge in [-0.15, -0.1) is 0 Å². The predicted octanol–water partition coefficient (Wildman–Crippen LogP) is 2.13. The van der Waals surface area contributed by atoms with Crippen molar-refractivity contribution in [2.45, 2.75) is 13.3 Å². The molecule has 3 N–H and O–H groups in total. The van der Waals surface area contributed by atoms with E-state index in [1.54, 1.807) is 19.2 Å². The minimum absolute atomic E-state index is 0.212. The third-order valence-electron chi connectivity index (χ3n) is 3.22. The maximum Gasteiger partial charge on any atom is 0.261 e. The fourth-order valence-corrected chi connectivity index (χ4v) is 2.07. The number of benzene rings is 1. The van der Waals surface area contributed by atoms with Gasteiger partial charge in [0.05, 0.1) is 17.9 Å². The first-order valence-electron chi connectivity index (χ1n) is 6.82. The second-order valence-corrected chi connectivity index (χ2v) is 4.78. The highest BCUT2D eigenvalue weighted by atomic mass is 16.5. The lowest BCUT2D eigenvalue weighted by atomic mass is 10.1. The van der Waals surface area contributed by atoms with Gasteiger partial charge in [-0.2, -0.15) is 0 Å². The van der Waals surface area contributed by atoms with Gasteiger partial charge in [-0.05, 0) is 48.4 Å². The molecular formula is C16H19N3O2. The summed E-state index contributed by atoms with van der Waals surface area (Å²) < 4.78 is 7.04. The lowest BCUT2D eigenvalue weighted by molar-refractivity contribution is 0.317. The fraction of sp³-hybridized carbons (Fsp3) is 0.250. The summed E-state index contributed by atoms with van der Waals surface area (Å²) in [4.78, 5) is 12.1. The molecule has 0 fully saturated rings. The van der Waals surface area contributed by atoms with E-state index in [1.807, 2.05) is 24.3 Å². The van der Waals surface area contributed by atoms with Crippen molar-refractivity contribution in [3.05, 3.63) is 52.3 Å². The van der Waals surface area contributed by atoms with E-state index in [0.29, 0.717) is 6.61 Å². The molecular weight excluding hydrogens is 266 g/mol. The Morgan fingerprint density at radius 2 is 1.90 bits per heavy atom. The number of ether oxygens (including phenoxy) is 1. The van der Waals surface area contributed by atoms with Crippen molar-refractivity contribution in [3.8, 4) is 17.0 Å². The molecule has 0 spiro atoms. The van der Waals surface area contributed by atoms with Gasteiger partial charge in [0.1, 0.15) is 11.6 Å². The first kappa shape index (κ1) is 14.8.